The van der Waals surface area contributed by atoms with Gasteiger partial charge in [-0.15, -0.1) is 17.5 Å². The second kappa shape index (κ2) is 15.5. The number of aromatic nitrogens is 4. The maximum atomic E-state index is 13.6. The van der Waals surface area contributed by atoms with Crippen LogP contribution in [0.5, 0.6) is 0 Å². The van der Waals surface area contributed by atoms with Crippen molar-refractivity contribution in [1.29, 1.82) is 0 Å². The Kier molecular flexibility index (Phi) is 11.8. The van der Waals surface area contributed by atoms with Crippen molar-refractivity contribution in [3.8, 4) is 0 Å². The molecule has 6 heterocycles. The van der Waals surface area contributed by atoms with E-state index in [0.717, 1.165) is 78.0 Å². The van der Waals surface area contributed by atoms with Gasteiger partial charge in [0.1, 0.15) is 6.73 Å². The second-order valence-electron chi connectivity index (χ2n) is 12.7. The van der Waals surface area contributed by atoms with Crippen LogP contribution in [0.25, 0.3) is 11.2 Å². The first-order valence-electron chi connectivity index (χ1n) is 16.9. The molecule has 0 unspecified atom stereocenters. The molecular weight excluding hydrogens is 584 g/mol. The number of ether oxygens (including phenoxy) is 1. The van der Waals surface area contributed by atoms with E-state index in [1.807, 2.05) is 4.57 Å². The number of imidazole rings is 1. The summed E-state index contributed by atoms with van der Waals surface area (Å²) in [5.41, 5.74) is 0.236. The summed E-state index contributed by atoms with van der Waals surface area (Å²) < 4.78 is 11.2. The smallest absolute Gasteiger partial charge is 0.332 e. The van der Waals surface area contributed by atoms with Gasteiger partial charge in [0.05, 0.1) is 6.61 Å². The summed E-state index contributed by atoms with van der Waals surface area (Å²) in [6.45, 7) is 9.51. The number of aryl methyl sites for hydroxylation is 1. The molecule has 2 aromatic heterocycles. The van der Waals surface area contributed by atoms with Gasteiger partial charge in [-0.1, -0.05) is 25.7 Å². The van der Waals surface area contributed by atoms with Crippen molar-refractivity contribution in [2.24, 2.45) is 14.1 Å². The fourth-order valence-electron chi connectivity index (χ4n) is 7.23. The van der Waals surface area contributed by atoms with E-state index in [9.17, 15) is 9.59 Å². The maximum absolute atomic E-state index is 13.6. The fraction of sp³-hybridized carbons (Fsp3) is 0.833. The van der Waals surface area contributed by atoms with Gasteiger partial charge < -0.3 is 4.74 Å². The predicted octanol–water partition coefficient (Wildman–Crippen LogP) is 2.54. The highest BCUT2D eigenvalue weighted by molar-refractivity contribution is 5.85. The van der Waals surface area contributed by atoms with Crippen molar-refractivity contribution in [3.05, 3.63) is 20.8 Å². The Balaban J connectivity index is 0.00000384. The number of hydrazine groups is 4. The lowest BCUT2D eigenvalue weighted by Gasteiger charge is -2.45. The lowest BCUT2D eigenvalue weighted by atomic mass is 10.1. The molecule has 248 valence electrons. The van der Waals surface area contributed by atoms with Crippen molar-refractivity contribution in [3.63, 3.8) is 0 Å². The average Bonchev–Trinajstić information content (AvgIpc) is 3.43. The van der Waals surface area contributed by atoms with E-state index in [0.29, 0.717) is 37.0 Å². The Morgan fingerprint density at radius 2 is 1.11 bits per heavy atom. The van der Waals surface area contributed by atoms with Crippen LogP contribution in [0.1, 0.15) is 77.0 Å². The normalized spacial score (nSPS) is 21.6. The largest absolute Gasteiger partial charge is 0.361 e. The summed E-state index contributed by atoms with van der Waals surface area (Å²) in [6.07, 6.45) is 14.5. The summed E-state index contributed by atoms with van der Waals surface area (Å²) >= 11 is 0. The van der Waals surface area contributed by atoms with Crippen LogP contribution in [0.4, 0.5) is 5.95 Å². The number of fused-ring (bicyclic) bond motifs is 1. The molecule has 4 aliphatic heterocycles. The summed E-state index contributed by atoms with van der Waals surface area (Å²) in [5.74, 6) is 0.713. The molecule has 0 saturated carbocycles. The minimum atomic E-state index is -0.355. The topological polar surface area (TPSA) is 90.5 Å². The molecule has 4 fully saturated rings. The summed E-state index contributed by atoms with van der Waals surface area (Å²) in [4.78, 5) is 31.6. The van der Waals surface area contributed by atoms with Crippen LogP contribution in [0.15, 0.2) is 9.59 Å². The Bertz CT molecular complexity index is 1290. The molecule has 13 nitrogen and oxygen atoms in total. The number of rotatable bonds is 10. The molecule has 0 aliphatic carbocycles. The lowest BCUT2D eigenvalue weighted by molar-refractivity contribution is -0.241. The van der Waals surface area contributed by atoms with Crippen molar-refractivity contribution in [1.82, 2.24) is 43.8 Å². The molecule has 0 N–H and O–H groups in total. The third-order valence-corrected chi connectivity index (χ3v) is 9.69. The van der Waals surface area contributed by atoms with Crippen LogP contribution >= 0.6 is 12.4 Å². The van der Waals surface area contributed by atoms with Crippen LogP contribution < -0.4 is 16.4 Å². The van der Waals surface area contributed by atoms with Crippen LogP contribution in [-0.4, -0.2) is 110 Å². The molecule has 44 heavy (non-hydrogen) atoms. The summed E-state index contributed by atoms with van der Waals surface area (Å²) in [5, 5.41) is 14.3. The highest BCUT2D eigenvalue weighted by Crippen LogP contribution is 2.27. The third kappa shape index (κ3) is 7.03. The monoisotopic (exact) mass is 636 g/mol. The molecule has 0 amide bonds. The summed E-state index contributed by atoms with van der Waals surface area (Å²) in [6, 6.07) is 0. The van der Waals surface area contributed by atoms with Gasteiger partial charge >= 0.3 is 5.69 Å². The van der Waals surface area contributed by atoms with Gasteiger partial charge in [-0.2, -0.15) is 4.98 Å². The molecule has 0 spiro atoms. The minimum absolute atomic E-state index is 0. The molecule has 4 aliphatic rings. The van der Waals surface area contributed by atoms with E-state index in [1.165, 1.54) is 60.5 Å². The van der Waals surface area contributed by atoms with Crippen LogP contribution in [-0.2, 0) is 25.4 Å². The average molecular weight is 637 g/mol. The van der Waals surface area contributed by atoms with Gasteiger partial charge in [0.25, 0.3) is 5.56 Å². The number of halogens is 1. The molecular formula is C30H53ClN10O3. The Labute approximate surface area is 267 Å². The maximum Gasteiger partial charge on any atom is 0.332 e. The van der Waals surface area contributed by atoms with Gasteiger partial charge in [0.2, 0.25) is 5.95 Å². The zero-order chi connectivity index (χ0) is 29.8. The molecule has 4 saturated heterocycles. The van der Waals surface area contributed by atoms with E-state index < -0.39 is 0 Å². The minimum Gasteiger partial charge on any atom is -0.361 e. The van der Waals surface area contributed by atoms with Crippen molar-refractivity contribution >= 4 is 29.5 Å². The number of anilines is 1. The van der Waals surface area contributed by atoms with E-state index in [2.05, 4.69) is 30.3 Å². The van der Waals surface area contributed by atoms with Gasteiger partial charge in [-0.25, -0.2) is 29.9 Å². The predicted molar refractivity (Wildman–Crippen MR) is 174 cm³/mol. The molecule has 0 atom stereocenters. The summed E-state index contributed by atoms with van der Waals surface area (Å²) in [7, 11) is 3.27. The first-order valence-corrected chi connectivity index (χ1v) is 16.9. The fourth-order valence-corrected chi connectivity index (χ4v) is 7.23. The molecule has 0 aromatic carbocycles. The Morgan fingerprint density at radius 1 is 0.659 bits per heavy atom. The van der Waals surface area contributed by atoms with Crippen molar-refractivity contribution in [2.45, 2.75) is 83.6 Å². The first-order chi connectivity index (χ1) is 21.0. The molecule has 14 heteroatoms. The number of nitrogens with zero attached hydrogens (tertiary/aromatic N) is 10. The number of hydrogen-bond acceptors (Lipinski definition) is 10. The number of piperidine rings is 4. The van der Waals surface area contributed by atoms with E-state index in [-0.39, 0.29) is 23.7 Å². The highest BCUT2D eigenvalue weighted by Gasteiger charge is 2.32. The van der Waals surface area contributed by atoms with Gasteiger partial charge in [-0.05, 0) is 51.4 Å². The van der Waals surface area contributed by atoms with E-state index >= 15 is 0 Å². The molecule has 0 bridgehead atoms. The van der Waals surface area contributed by atoms with Crippen LogP contribution in [0.3, 0.4) is 0 Å². The lowest BCUT2D eigenvalue weighted by Crippen LogP contribution is -2.57. The van der Waals surface area contributed by atoms with Gasteiger partial charge in [-0.3, -0.25) is 18.5 Å². The highest BCUT2D eigenvalue weighted by atomic mass is 35.5. The standard InChI is InChI=1S/C30H52N10O3.ClH/c1-32-27-26(28(41)33(2)30(32)42)38(29(31-27)40(36-19-11-5-12-20-36)37-21-13-6-14-22-37)23-24-43-25-39(34-15-7-3-8-16-34)35-17-9-4-10-18-35;/h3-25H2,1-2H3;1H. The second-order valence-corrected chi connectivity index (χ2v) is 12.7. The van der Waals surface area contributed by atoms with Crippen molar-refractivity contribution in [2.75, 3.05) is 70.8 Å². The Morgan fingerprint density at radius 3 is 1.59 bits per heavy atom. The van der Waals surface area contributed by atoms with Gasteiger partial charge in [0, 0.05) is 73.0 Å². The van der Waals surface area contributed by atoms with Gasteiger partial charge in [0.15, 0.2) is 11.2 Å². The first kappa shape index (κ1) is 33.4. The SMILES string of the molecule is Cl.Cn1c(=O)c2c(nc(N(N3CCCCC3)N3CCCCC3)n2CCOCN(N2CCCCC2)N2CCCCC2)n(C)c1=O. The van der Waals surface area contributed by atoms with Crippen LogP contribution in [0, 0.1) is 0 Å². The van der Waals surface area contributed by atoms with Crippen LogP contribution in [0.2, 0.25) is 0 Å². The molecule has 6 rings (SSSR count). The van der Waals surface area contributed by atoms with Crippen molar-refractivity contribution < 1.29 is 4.74 Å². The Hall–Kier alpha value is -2.00. The molecule has 0 radical (unpaired) electrons. The van der Waals surface area contributed by atoms with E-state index in [1.54, 1.807) is 14.1 Å². The van der Waals surface area contributed by atoms with E-state index in [4.69, 9.17) is 9.72 Å². The molecule has 2 aromatic rings. The zero-order valence-electron chi connectivity index (χ0n) is 26.9. The zero-order valence-corrected chi connectivity index (χ0v) is 27.7. The quantitative estimate of drug-likeness (QED) is 0.286. The third-order valence-electron chi connectivity index (χ3n) is 9.69. The number of hydrogen-bond donors (Lipinski definition) is 0.